The molecule has 32 heavy (non-hydrogen) atoms. The number of carbonyl (C=O) groups is 1. The van der Waals surface area contributed by atoms with Crippen LogP contribution >= 0.6 is 0 Å². The zero-order valence-electron chi connectivity index (χ0n) is 16.5. The van der Waals surface area contributed by atoms with E-state index in [0.29, 0.717) is 16.5 Å². The molecule has 4 aromatic rings. The summed E-state index contributed by atoms with van der Waals surface area (Å²) in [7, 11) is -4.40. The lowest BCUT2D eigenvalue weighted by Gasteiger charge is -2.11. The Hall–Kier alpha value is -4.08. The second kappa shape index (κ2) is 8.58. The van der Waals surface area contributed by atoms with E-state index in [9.17, 15) is 22.9 Å². The van der Waals surface area contributed by atoms with E-state index in [0.717, 1.165) is 6.07 Å². The Bertz CT molecular complexity index is 1450. The summed E-state index contributed by atoms with van der Waals surface area (Å²) < 4.78 is 31.9. The topological polar surface area (TPSA) is 128 Å². The van der Waals surface area contributed by atoms with Crippen molar-refractivity contribution in [3.8, 4) is 5.75 Å². The summed E-state index contributed by atoms with van der Waals surface area (Å²) in [5.74, 6) is -0.893. The van der Waals surface area contributed by atoms with E-state index in [1.807, 2.05) is 6.07 Å². The average molecular weight is 447 g/mol. The maximum atomic E-state index is 12.8. The minimum atomic E-state index is -4.40. The number of nitrogens with zero attached hydrogens (tertiary/aromatic N) is 2. The summed E-state index contributed by atoms with van der Waals surface area (Å²) in [6, 6.07) is 22.6. The molecule has 0 spiro atoms. The molecule has 1 amide bonds. The van der Waals surface area contributed by atoms with Crippen LogP contribution in [0, 0.1) is 0 Å². The lowest BCUT2D eigenvalue weighted by atomic mass is 10.0. The van der Waals surface area contributed by atoms with E-state index in [4.69, 9.17) is 0 Å². The SMILES string of the molecule is O=C(Nc1ccccc1)c1cc2ccccc2c(N=Nc2cccc(S(=O)(=O)O)c2)c1O. The Labute approximate surface area is 183 Å². The quantitative estimate of drug-likeness (QED) is 0.276. The highest BCUT2D eigenvalue weighted by Gasteiger charge is 2.18. The molecular formula is C23H17N3O5S. The largest absolute Gasteiger partial charge is 0.505 e. The summed E-state index contributed by atoms with van der Waals surface area (Å²) in [4.78, 5) is 12.5. The third kappa shape index (κ3) is 4.48. The van der Waals surface area contributed by atoms with Gasteiger partial charge in [0.25, 0.3) is 16.0 Å². The van der Waals surface area contributed by atoms with Gasteiger partial charge in [-0.2, -0.15) is 13.5 Å². The molecule has 3 N–H and O–H groups in total. The van der Waals surface area contributed by atoms with Crippen molar-refractivity contribution in [3.05, 3.63) is 90.5 Å². The first-order chi connectivity index (χ1) is 15.3. The number of phenolic OH excluding ortho intramolecular Hbond substituents is 1. The second-order valence-electron chi connectivity index (χ2n) is 6.84. The molecule has 0 heterocycles. The number of aromatic hydroxyl groups is 1. The smallest absolute Gasteiger partial charge is 0.294 e. The Kier molecular flexibility index (Phi) is 5.67. The fourth-order valence-electron chi connectivity index (χ4n) is 3.13. The van der Waals surface area contributed by atoms with Crippen LogP contribution in [0.5, 0.6) is 5.75 Å². The van der Waals surface area contributed by atoms with Gasteiger partial charge in [0.1, 0.15) is 5.69 Å². The lowest BCUT2D eigenvalue weighted by molar-refractivity contribution is 0.102. The van der Waals surface area contributed by atoms with Crippen LogP contribution in [0.25, 0.3) is 10.8 Å². The van der Waals surface area contributed by atoms with E-state index in [1.54, 1.807) is 54.6 Å². The average Bonchev–Trinajstić information content (AvgIpc) is 2.78. The minimum absolute atomic E-state index is 0.00758. The fraction of sp³-hybridized carbons (Fsp3) is 0. The van der Waals surface area contributed by atoms with E-state index in [-0.39, 0.29) is 27.6 Å². The first kappa shape index (κ1) is 21.2. The Morgan fingerprint density at radius 3 is 2.31 bits per heavy atom. The van der Waals surface area contributed by atoms with Gasteiger partial charge in [0, 0.05) is 11.1 Å². The molecule has 9 heteroatoms. The number of nitrogens with one attached hydrogen (secondary N) is 1. The number of anilines is 1. The molecule has 0 bridgehead atoms. The fourth-order valence-corrected chi connectivity index (χ4v) is 3.65. The van der Waals surface area contributed by atoms with Crippen molar-refractivity contribution in [2.75, 3.05) is 5.32 Å². The van der Waals surface area contributed by atoms with Crippen molar-refractivity contribution in [1.29, 1.82) is 0 Å². The molecule has 0 aliphatic rings. The van der Waals surface area contributed by atoms with Gasteiger partial charge in [0.2, 0.25) is 0 Å². The number of carbonyl (C=O) groups excluding carboxylic acids is 1. The molecule has 0 aliphatic carbocycles. The van der Waals surface area contributed by atoms with Gasteiger partial charge < -0.3 is 10.4 Å². The number of hydrogen-bond acceptors (Lipinski definition) is 6. The Morgan fingerprint density at radius 2 is 1.56 bits per heavy atom. The summed E-state index contributed by atoms with van der Waals surface area (Å²) in [6.07, 6.45) is 0. The number of azo groups is 1. The molecule has 0 aromatic heterocycles. The summed E-state index contributed by atoms with van der Waals surface area (Å²) in [5.41, 5.74) is 0.768. The van der Waals surface area contributed by atoms with Crippen LogP contribution in [0.15, 0.2) is 100 Å². The summed E-state index contributed by atoms with van der Waals surface area (Å²) >= 11 is 0. The van der Waals surface area contributed by atoms with Crippen LogP contribution in [0.4, 0.5) is 17.1 Å². The van der Waals surface area contributed by atoms with Crippen molar-refractivity contribution in [3.63, 3.8) is 0 Å². The van der Waals surface area contributed by atoms with Crippen molar-refractivity contribution in [2.24, 2.45) is 10.2 Å². The highest BCUT2D eigenvalue weighted by atomic mass is 32.2. The number of para-hydroxylation sites is 1. The summed E-state index contributed by atoms with van der Waals surface area (Å²) in [5, 5.41) is 22.9. The zero-order chi connectivity index (χ0) is 22.7. The van der Waals surface area contributed by atoms with Crippen molar-refractivity contribution >= 4 is 43.9 Å². The molecule has 4 rings (SSSR count). The number of rotatable bonds is 5. The van der Waals surface area contributed by atoms with Crippen LogP contribution in [-0.4, -0.2) is 24.0 Å². The maximum absolute atomic E-state index is 12.8. The molecule has 8 nitrogen and oxygen atoms in total. The molecular weight excluding hydrogens is 430 g/mol. The molecule has 0 radical (unpaired) electrons. The number of phenols is 1. The number of hydrogen-bond donors (Lipinski definition) is 3. The normalized spacial score (nSPS) is 11.7. The van der Waals surface area contributed by atoms with Gasteiger partial charge in [0.15, 0.2) is 5.75 Å². The van der Waals surface area contributed by atoms with Gasteiger partial charge in [-0.3, -0.25) is 9.35 Å². The van der Waals surface area contributed by atoms with Crippen LogP contribution in [0.3, 0.4) is 0 Å². The first-order valence-corrected chi connectivity index (χ1v) is 10.9. The predicted octanol–water partition coefficient (Wildman–Crippen LogP) is 5.46. The molecule has 0 saturated carbocycles. The van der Waals surface area contributed by atoms with Gasteiger partial charge in [0.05, 0.1) is 16.1 Å². The van der Waals surface area contributed by atoms with Gasteiger partial charge in [-0.25, -0.2) is 0 Å². The van der Waals surface area contributed by atoms with Crippen LogP contribution in [0.1, 0.15) is 10.4 Å². The molecule has 0 saturated heterocycles. The zero-order valence-corrected chi connectivity index (χ0v) is 17.3. The molecule has 4 aromatic carbocycles. The molecule has 160 valence electrons. The van der Waals surface area contributed by atoms with Crippen molar-refractivity contribution < 1.29 is 22.9 Å². The van der Waals surface area contributed by atoms with Gasteiger partial charge in [-0.15, -0.1) is 5.11 Å². The predicted molar refractivity (Wildman–Crippen MR) is 120 cm³/mol. The number of amides is 1. The second-order valence-corrected chi connectivity index (χ2v) is 8.26. The van der Waals surface area contributed by atoms with Gasteiger partial charge >= 0.3 is 0 Å². The molecule has 0 unspecified atom stereocenters. The third-order valence-electron chi connectivity index (χ3n) is 4.65. The van der Waals surface area contributed by atoms with Crippen LogP contribution in [0.2, 0.25) is 0 Å². The minimum Gasteiger partial charge on any atom is -0.505 e. The maximum Gasteiger partial charge on any atom is 0.294 e. The first-order valence-electron chi connectivity index (χ1n) is 9.43. The monoisotopic (exact) mass is 447 g/mol. The Balaban J connectivity index is 1.78. The van der Waals surface area contributed by atoms with E-state index >= 15 is 0 Å². The van der Waals surface area contributed by atoms with Crippen LogP contribution < -0.4 is 5.32 Å². The standard InChI is InChI=1S/C23H17N3O5S/c27-22-20(23(28)24-16-8-2-1-3-9-16)13-15-7-4-5-12-19(15)21(22)26-25-17-10-6-11-18(14-17)32(29,30)31/h1-14,27H,(H,24,28)(H,29,30,31). The molecule has 0 fully saturated rings. The van der Waals surface area contributed by atoms with E-state index in [1.165, 1.54) is 18.2 Å². The molecule has 0 aliphatic heterocycles. The lowest BCUT2D eigenvalue weighted by Crippen LogP contribution is -2.12. The number of benzene rings is 4. The highest BCUT2D eigenvalue weighted by molar-refractivity contribution is 7.85. The van der Waals surface area contributed by atoms with Gasteiger partial charge in [-0.05, 0) is 41.8 Å². The highest BCUT2D eigenvalue weighted by Crippen LogP contribution is 2.39. The van der Waals surface area contributed by atoms with Crippen molar-refractivity contribution in [2.45, 2.75) is 4.90 Å². The van der Waals surface area contributed by atoms with Gasteiger partial charge in [-0.1, -0.05) is 48.5 Å². The van der Waals surface area contributed by atoms with E-state index in [2.05, 4.69) is 15.5 Å². The summed E-state index contributed by atoms with van der Waals surface area (Å²) in [6.45, 7) is 0. The third-order valence-corrected chi connectivity index (χ3v) is 5.50. The number of fused-ring (bicyclic) bond motifs is 1. The molecule has 0 atom stereocenters. The van der Waals surface area contributed by atoms with Crippen LogP contribution in [-0.2, 0) is 10.1 Å². The van der Waals surface area contributed by atoms with Crippen molar-refractivity contribution in [1.82, 2.24) is 0 Å². The van der Waals surface area contributed by atoms with E-state index < -0.39 is 16.0 Å². The Morgan fingerprint density at radius 1 is 0.844 bits per heavy atom.